The summed E-state index contributed by atoms with van der Waals surface area (Å²) in [5.74, 6) is 3.25. The van der Waals surface area contributed by atoms with Crippen molar-refractivity contribution in [3.63, 3.8) is 0 Å². The Hall–Kier alpha value is -0.950. The van der Waals surface area contributed by atoms with Gasteiger partial charge in [0.25, 0.3) is 0 Å². The minimum absolute atomic E-state index is 0.118. The molecule has 1 saturated heterocycles. The topological polar surface area (TPSA) is 79.0 Å². The summed E-state index contributed by atoms with van der Waals surface area (Å²) < 4.78 is 26.8. The fourth-order valence-corrected chi connectivity index (χ4v) is 5.48. The van der Waals surface area contributed by atoms with Crippen LogP contribution in [0.5, 0.6) is 0 Å². The lowest BCUT2D eigenvalue weighted by molar-refractivity contribution is 0.423. The van der Waals surface area contributed by atoms with Crippen LogP contribution in [0.2, 0.25) is 0 Å². The van der Waals surface area contributed by atoms with Gasteiger partial charge in [-0.15, -0.1) is 0 Å². The van der Waals surface area contributed by atoms with E-state index in [2.05, 4.69) is 29.0 Å². The third-order valence-corrected chi connectivity index (χ3v) is 7.58. The largest absolute Gasteiger partial charge is 0.263 e. The molecule has 22 heavy (non-hydrogen) atoms. The van der Waals surface area contributed by atoms with Gasteiger partial charge in [0, 0.05) is 24.9 Å². The molecule has 1 N–H and O–H groups in total. The van der Waals surface area contributed by atoms with E-state index >= 15 is 0 Å². The Labute approximate surface area is 131 Å². The summed E-state index contributed by atoms with van der Waals surface area (Å²) in [7, 11) is -3.08. The van der Waals surface area contributed by atoms with Gasteiger partial charge in [0.1, 0.15) is 5.82 Å². The van der Waals surface area contributed by atoms with Crippen molar-refractivity contribution in [2.75, 3.05) is 13.1 Å². The minimum atomic E-state index is -3.08. The zero-order chi connectivity index (χ0) is 15.5. The molecule has 1 aliphatic heterocycles. The second-order valence-electron chi connectivity index (χ2n) is 7.40. The predicted octanol–water partition coefficient (Wildman–Crippen LogP) is 1.85. The van der Waals surface area contributed by atoms with Crippen LogP contribution in [0.25, 0.3) is 0 Å². The first kappa shape index (κ1) is 14.6. The summed E-state index contributed by atoms with van der Waals surface area (Å²) in [4.78, 5) is 4.64. The van der Waals surface area contributed by atoms with Gasteiger partial charge in [-0.2, -0.15) is 5.10 Å². The molecule has 1 aromatic heterocycles. The SMILES string of the molecule is CC(C)c1n[nH]c([C@H]2CN(S(=O)(=O)C3CC3)C[C@@H]2C2CC2)n1. The fraction of sp³-hybridized carbons (Fsp3) is 0.867. The van der Waals surface area contributed by atoms with E-state index in [1.165, 1.54) is 12.8 Å². The average molecular weight is 324 g/mol. The molecular weight excluding hydrogens is 300 g/mol. The molecule has 122 valence electrons. The molecule has 2 atom stereocenters. The zero-order valence-electron chi connectivity index (χ0n) is 13.2. The number of aromatic amines is 1. The van der Waals surface area contributed by atoms with E-state index in [-0.39, 0.29) is 17.1 Å². The van der Waals surface area contributed by atoms with Crippen molar-refractivity contribution in [3.8, 4) is 0 Å². The van der Waals surface area contributed by atoms with Crippen molar-refractivity contribution in [3.05, 3.63) is 11.6 Å². The highest BCUT2D eigenvalue weighted by atomic mass is 32.2. The molecule has 0 bridgehead atoms. The van der Waals surface area contributed by atoms with E-state index in [1.54, 1.807) is 4.31 Å². The van der Waals surface area contributed by atoms with Gasteiger partial charge in [0.15, 0.2) is 5.82 Å². The smallest absolute Gasteiger partial charge is 0.217 e. The molecule has 0 unspecified atom stereocenters. The van der Waals surface area contributed by atoms with E-state index in [1.807, 2.05) is 0 Å². The zero-order valence-corrected chi connectivity index (χ0v) is 14.0. The highest BCUT2D eigenvalue weighted by Gasteiger charge is 2.50. The van der Waals surface area contributed by atoms with Crippen LogP contribution in [0.1, 0.15) is 63.0 Å². The van der Waals surface area contributed by atoms with Crippen molar-refractivity contribution in [1.29, 1.82) is 0 Å². The van der Waals surface area contributed by atoms with E-state index in [0.717, 1.165) is 24.5 Å². The third-order valence-electron chi connectivity index (χ3n) is 5.25. The van der Waals surface area contributed by atoms with Gasteiger partial charge in [-0.1, -0.05) is 13.8 Å². The van der Waals surface area contributed by atoms with Crippen LogP contribution in [0, 0.1) is 11.8 Å². The maximum Gasteiger partial charge on any atom is 0.217 e. The Morgan fingerprint density at radius 3 is 2.45 bits per heavy atom. The van der Waals surface area contributed by atoms with Gasteiger partial charge < -0.3 is 0 Å². The molecule has 0 spiro atoms. The summed E-state index contributed by atoms with van der Waals surface area (Å²) in [6.45, 7) is 5.40. The molecule has 7 heteroatoms. The number of nitrogens with one attached hydrogen (secondary N) is 1. The highest BCUT2D eigenvalue weighted by Crippen LogP contribution is 2.48. The van der Waals surface area contributed by atoms with Crippen molar-refractivity contribution in [2.45, 2.75) is 56.6 Å². The number of sulfonamides is 1. The van der Waals surface area contributed by atoms with Gasteiger partial charge in [-0.05, 0) is 37.5 Å². The maximum absolute atomic E-state index is 12.6. The van der Waals surface area contributed by atoms with Crippen LogP contribution in [0.4, 0.5) is 0 Å². The van der Waals surface area contributed by atoms with E-state index < -0.39 is 10.0 Å². The fourth-order valence-electron chi connectivity index (χ4n) is 3.58. The van der Waals surface area contributed by atoms with Crippen molar-refractivity contribution >= 4 is 10.0 Å². The Morgan fingerprint density at radius 1 is 1.18 bits per heavy atom. The monoisotopic (exact) mass is 324 g/mol. The van der Waals surface area contributed by atoms with Gasteiger partial charge in [0.05, 0.1) is 5.25 Å². The maximum atomic E-state index is 12.6. The molecule has 0 aromatic carbocycles. The lowest BCUT2D eigenvalue weighted by atomic mass is 9.91. The summed E-state index contributed by atoms with van der Waals surface area (Å²) in [6.07, 6.45) is 4.11. The summed E-state index contributed by atoms with van der Waals surface area (Å²) in [6, 6.07) is 0. The molecule has 2 aliphatic carbocycles. The van der Waals surface area contributed by atoms with Crippen LogP contribution in [0.15, 0.2) is 0 Å². The number of hydrogen-bond donors (Lipinski definition) is 1. The quantitative estimate of drug-likeness (QED) is 0.896. The number of rotatable bonds is 5. The predicted molar refractivity (Wildman–Crippen MR) is 82.9 cm³/mol. The molecule has 6 nitrogen and oxygen atoms in total. The molecular formula is C15H24N4O2S. The standard InChI is InChI=1S/C15H24N4O2S/c1-9(2)14-16-15(18-17-14)13-8-19(7-12(13)10-3-4-10)22(20,21)11-5-6-11/h9-13H,3-8H2,1-2H3,(H,16,17,18)/t12-,13+/m1/s1. The Bertz CT molecular complexity index is 661. The Kier molecular flexibility index (Phi) is 3.34. The van der Waals surface area contributed by atoms with E-state index in [0.29, 0.717) is 24.9 Å². The summed E-state index contributed by atoms with van der Waals surface area (Å²) >= 11 is 0. The van der Waals surface area contributed by atoms with Gasteiger partial charge in [-0.3, -0.25) is 5.10 Å². The second-order valence-corrected chi connectivity index (χ2v) is 9.62. The van der Waals surface area contributed by atoms with Gasteiger partial charge in [0.2, 0.25) is 10.0 Å². The third kappa shape index (κ3) is 2.48. The van der Waals surface area contributed by atoms with Crippen molar-refractivity contribution in [2.24, 2.45) is 11.8 Å². The number of hydrogen-bond acceptors (Lipinski definition) is 4. The number of aromatic nitrogens is 3. The second kappa shape index (κ2) is 5.03. The Balaban J connectivity index is 1.59. The summed E-state index contributed by atoms with van der Waals surface area (Å²) in [5.41, 5.74) is 0. The van der Waals surface area contributed by atoms with Crippen LogP contribution in [0.3, 0.4) is 0 Å². The van der Waals surface area contributed by atoms with Crippen LogP contribution in [-0.4, -0.2) is 46.2 Å². The first-order valence-corrected chi connectivity index (χ1v) is 9.88. The average Bonchev–Trinajstić information content (AvgIpc) is 3.39. The molecule has 3 aliphatic rings. The van der Waals surface area contributed by atoms with E-state index in [4.69, 9.17) is 0 Å². The molecule has 3 fully saturated rings. The van der Waals surface area contributed by atoms with E-state index in [9.17, 15) is 8.42 Å². The lowest BCUT2D eigenvalue weighted by Gasteiger charge is -2.15. The normalized spacial score (nSPS) is 30.3. The molecule has 0 radical (unpaired) electrons. The first-order valence-electron chi connectivity index (χ1n) is 8.38. The van der Waals surface area contributed by atoms with Crippen LogP contribution >= 0.6 is 0 Å². The van der Waals surface area contributed by atoms with Gasteiger partial charge in [-0.25, -0.2) is 17.7 Å². The van der Waals surface area contributed by atoms with Gasteiger partial charge >= 0.3 is 0 Å². The van der Waals surface area contributed by atoms with Crippen molar-refractivity contribution < 1.29 is 8.42 Å². The molecule has 2 saturated carbocycles. The number of nitrogens with zero attached hydrogens (tertiary/aromatic N) is 3. The highest BCUT2D eigenvalue weighted by molar-refractivity contribution is 7.90. The lowest BCUT2D eigenvalue weighted by Crippen LogP contribution is -2.32. The van der Waals surface area contributed by atoms with Crippen LogP contribution in [-0.2, 0) is 10.0 Å². The van der Waals surface area contributed by atoms with Crippen LogP contribution < -0.4 is 0 Å². The number of H-pyrrole nitrogens is 1. The molecule has 4 rings (SSSR count). The molecule has 2 heterocycles. The summed E-state index contributed by atoms with van der Waals surface area (Å²) in [5, 5.41) is 7.26. The Morgan fingerprint density at radius 2 is 1.91 bits per heavy atom. The molecule has 1 aromatic rings. The van der Waals surface area contributed by atoms with Crippen molar-refractivity contribution in [1.82, 2.24) is 19.5 Å². The molecule has 0 amide bonds. The minimum Gasteiger partial charge on any atom is -0.263 e. The first-order chi connectivity index (χ1) is 10.5.